The van der Waals surface area contributed by atoms with Gasteiger partial charge in [-0.3, -0.25) is 9.59 Å². The van der Waals surface area contributed by atoms with Crippen molar-refractivity contribution in [3.05, 3.63) is 24.3 Å². The lowest BCUT2D eigenvalue weighted by molar-refractivity contribution is -0.386. The highest BCUT2D eigenvalue weighted by atomic mass is 16.8. The minimum absolute atomic E-state index is 0.196. The standard InChI is InChI=1S/C41H64N2O27/c1-13(49)42-22-27(54)24(51)17(8-44)62-37(22)69-35-23(43-14(2)50)38(63-18(9-45)25(35)52)70-36-26(53)19(10-46)64-41(32(36)59)68-34-21(12-48)66-40(31(58)29(34)56)67-33-20(11-47)65-39(30(57)28(33)55)61-16-6-4-15(60-3)5-7-16/h4-7,17-41,44-48,51-59H,8-12H2,1-3H3,(H,42,49)(H,43,50)/t17-,18-,19-,20-,21-,22-,23-,24-,25-,26-,27+,28+,29+,30-,31-,32+,33+,34-,35+,36-,37+,38-,39+,40-,41+/m0/s1. The zero-order valence-corrected chi connectivity index (χ0v) is 37.8. The number of ether oxygens (including phenoxy) is 11. The minimum Gasteiger partial charge on any atom is -0.497 e. The molecule has 25 atom stereocenters. The maximum atomic E-state index is 12.6. The molecule has 0 spiro atoms. The highest BCUT2D eigenvalue weighted by Gasteiger charge is 2.57. The van der Waals surface area contributed by atoms with Crippen LogP contribution in [0.5, 0.6) is 11.5 Å². The van der Waals surface area contributed by atoms with Crippen LogP contribution in [0.1, 0.15) is 13.8 Å². The SMILES string of the molecule is COc1ccc(O[C@@H]2O[C@@H](CO)[C@@H](O[C@@H]3O[C@@H](CO)[C@H](O[C@H]4O[C@@H](CO)[C@H](O)[C@H](O[C@@H]5O[C@@H](CO)[C@H](O)[C@H](O[C@H]6O[C@@H](CO)[C@H](O)[C@H](O)[C@@H]6NC(C)=O)[C@@H]5NC(C)=O)[C@H]4O)[C@H](O)[C@@H]3O)[C@H](O)[C@@H]2O)cc1. The second-order valence-electron chi connectivity index (χ2n) is 17.2. The molecule has 0 aliphatic carbocycles. The predicted octanol–water partition coefficient (Wildman–Crippen LogP) is -9.54. The molecule has 5 fully saturated rings. The Kier molecular flexibility index (Phi) is 19.8. The summed E-state index contributed by atoms with van der Waals surface area (Å²) in [6, 6.07) is 2.86. The monoisotopic (exact) mass is 1020 g/mol. The molecule has 70 heavy (non-hydrogen) atoms. The van der Waals surface area contributed by atoms with Gasteiger partial charge in [-0.25, -0.2) is 0 Å². The number of hydrogen-bond acceptors (Lipinski definition) is 27. The fourth-order valence-corrected chi connectivity index (χ4v) is 8.71. The van der Waals surface area contributed by atoms with Gasteiger partial charge in [-0.1, -0.05) is 0 Å². The molecule has 2 amide bonds. The van der Waals surface area contributed by atoms with E-state index >= 15 is 0 Å². The summed E-state index contributed by atoms with van der Waals surface area (Å²) < 4.78 is 62.9. The molecule has 5 aliphatic heterocycles. The topological polar surface area (TPSA) is 443 Å². The molecule has 5 heterocycles. The van der Waals surface area contributed by atoms with Gasteiger partial charge in [-0.05, 0) is 24.3 Å². The van der Waals surface area contributed by atoms with Gasteiger partial charge in [0.2, 0.25) is 18.1 Å². The van der Waals surface area contributed by atoms with Crippen molar-refractivity contribution in [1.29, 1.82) is 0 Å². The summed E-state index contributed by atoms with van der Waals surface area (Å²) in [6.45, 7) is -2.50. The quantitative estimate of drug-likeness (QED) is 0.0649. The number of aliphatic hydroxyl groups excluding tert-OH is 14. The Morgan fingerprint density at radius 1 is 0.429 bits per heavy atom. The third kappa shape index (κ3) is 12.3. The van der Waals surface area contributed by atoms with Crippen LogP contribution in [0.4, 0.5) is 0 Å². The van der Waals surface area contributed by atoms with E-state index in [1.165, 1.54) is 19.2 Å². The lowest BCUT2D eigenvalue weighted by Crippen LogP contribution is -2.71. The number of methoxy groups -OCH3 is 1. The molecule has 400 valence electrons. The molecule has 16 N–H and O–H groups in total. The van der Waals surface area contributed by atoms with E-state index in [1.54, 1.807) is 12.1 Å². The van der Waals surface area contributed by atoms with Crippen molar-refractivity contribution < 1.29 is 133 Å². The molecule has 29 nitrogen and oxygen atoms in total. The van der Waals surface area contributed by atoms with Crippen molar-refractivity contribution in [3.8, 4) is 11.5 Å². The number of benzene rings is 1. The number of hydrogen-bond donors (Lipinski definition) is 16. The third-order valence-corrected chi connectivity index (χ3v) is 12.4. The molecule has 1 aromatic rings. The van der Waals surface area contributed by atoms with E-state index in [0.29, 0.717) is 5.75 Å². The number of aliphatic hydroxyl groups is 14. The summed E-state index contributed by atoms with van der Waals surface area (Å²) >= 11 is 0. The van der Waals surface area contributed by atoms with Crippen LogP contribution in [0.25, 0.3) is 0 Å². The molecule has 29 heteroatoms. The van der Waals surface area contributed by atoms with Crippen molar-refractivity contribution in [2.24, 2.45) is 0 Å². The normalized spacial score (nSPS) is 44.6. The lowest BCUT2D eigenvalue weighted by atomic mass is 9.93. The first-order valence-corrected chi connectivity index (χ1v) is 22.2. The van der Waals surface area contributed by atoms with Crippen molar-refractivity contribution in [1.82, 2.24) is 10.6 Å². The van der Waals surface area contributed by atoms with E-state index < -0.39 is 198 Å². The zero-order valence-electron chi connectivity index (χ0n) is 37.8. The smallest absolute Gasteiger partial charge is 0.229 e. The number of rotatable bonds is 18. The zero-order chi connectivity index (χ0) is 51.3. The van der Waals surface area contributed by atoms with E-state index in [9.17, 15) is 81.1 Å². The van der Waals surface area contributed by atoms with E-state index in [0.717, 1.165) is 13.8 Å². The Morgan fingerprint density at radius 3 is 1.30 bits per heavy atom. The van der Waals surface area contributed by atoms with Gasteiger partial charge < -0.3 is 134 Å². The molecule has 5 aliphatic rings. The molecule has 0 unspecified atom stereocenters. The van der Waals surface area contributed by atoms with Crippen molar-refractivity contribution >= 4 is 11.8 Å². The van der Waals surface area contributed by atoms with E-state index in [1.807, 2.05) is 0 Å². The maximum Gasteiger partial charge on any atom is 0.229 e. The van der Waals surface area contributed by atoms with Crippen LogP contribution < -0.4 is 20.1 Å². The van der Waals surface area contributed by atoms with Gasteiger partial charge in [0.25, 0.3) is 0 Å². The second kappa shape index (κ2) is 24.7. The van der Waals surface area contributed by atoms with Crippen LogP contribution in [0.3, 0.4) is 0 Å². The summed E-state index contributed by atoms with van der Waals surface area (Å²) in [7, 11) is 1.45. The van der Waals surface area contributed by atoms with Gasteiger partial charge >= 0.3 is 0 Å². The lowest BCUT2D eigenvalue weighted by Gasteiger charge is -2.50. The number of amides is 2. The molecule has 6 rings (SSSR count). The molecule has 0 bridgehead atoms. The molecule has 0 aromatic heterocycles. The maximum absolute atomic E-state index is 12.6. The molecule has 1 aromatic carbocycles. The van der Waals surface area contributed by atoms with Crippen LogP contribution in [-0.2, 0) is 52.2 Å². The molecular formula is C41H64N2O27. The summed E-state index contributed by atoms with van der Waals surface area (Å²) in [5.74, 6) is -0.844. The van der Waals surface area contributed by atoms with Crippen molar-refractivity contribution in [3.63, 3.8) is 0 Å². The van der Waals surface area contributed by atoms with Gasteiger partial charge in [-0.2, -0.15) is 0 Å². The van der Waals surface area contributed by atoms with Gasteiger partial charge in [-0.15, -0.1) is 0 Å². The molecular weight excluding hydrogens is 952 g/mol. The average Bonchev–Trinajstić information content (AvgIpc) is 3.34. The van der Waals surface area contributed by atoms with E-state index in [2.05, 4.69) is 10.6 Å². The average molecular weight is 1020 g/mol. The predicted molar refractivity (Wildman–Crippen MR) is 221 cm³/mol. The number of carbonyl (C=O) groups excluding carboxylic acids is 2. The summed E-state index contributed by atoms with van der Waals surface area (Å²) in [5, 5.41) is 156. The van der Waals surface area contributed by atoms with Gasteiger partial charge in [0.1, 0.15) is 133 Å². The molecule has 0 radical (unpaired) electrons. The first-order chi connectivity index (χ1) is 33.3. The Labute approximate surface area is 398 Å². The van der Waals surface area contributed by atoms with Crippen LogP contribution in [-0.4, -0.2) is 277 Å². The summed E-state index contributed by atoms with van der Waals surface area (Å²) in [6.07, 6.45) is -41.8. The van der Waals surface area contributed by atoms with Gasteiger partial charge in [0.05, 0.1) is 40.1 Å². The molecule has 0 saturated carbocycles. The second-order valence-corrected chi connectivity index (χ2v) is 17.2. The Morgan fingerprint density at radius 2 is 0.800 bits per heavy atom. The van der Waals surface area contributed by atoms with E-state index in [-0.39, 0.29) is 5.75 Å². The first-order valence-electron chi connectivity index (χ1n) is 22.2. The van der Waals surface area contributed by atoms with Gasteiger partial charge in [0, 0.05) is 13.8 Å². The van der Waals surface area contributed by atoms with Crippen LogP contribution >= 0.6 is 0 Å². The first kappa shape index (κ1) is 56.1. The van der Waals surface area contributed by atoms with Crippen LogP contribution in [0, 0.1) is 0 Å². The highest BCUT2D eigenvalue weighted by Crippen LogP contribution is 2.36. The van der Waals surface area contributed by atoms with Crippen LogP contribution in [0.2, 0.25) is 0 Å². The van der Waals surface area contributed by atoms with Gasteiger partial charge in [0.15, 0.2) is 25.2 Å². The third-order valence-electron chi connectivity index (χ3n) is 12.4. The number of carbonyl (C=O) groups is 2. The van der Waals surface area contributed by atoms with Crippen molar-refractivity contribution in [2.75, 3.05) is 40.1 Å². The fourth-order valence-electron chi connectivity index (χ4n) is 8.71. The summed E-state index contributed by atoms with van der Waals surface area (Å²) in [4.78, 5) is 24.8. The Balaban J connectivity index is 1.18. The summed E-state index contributed by atoms with van der Waals surface area (Å²) in [5.41, 5.74) is 0. The van der Waals surface area contributed by atoms with Crippen molar-refractivity contribution in [2.45, 2.75) is 167 Å². The fraction of sp³-hybridized carbons (Fsp3) is 0.805. The minimum atomic E-state index is -2.17. The van der Waals surface area contributed by atoms with Crippen LogP contribution in [0.15, 0.2) is 24.3 Å². The Hall–Kier alpha value is -3.16. The number of nitrogens with one attached hydrogen (secondary N) is 2. The molecule has 5 saturated heterocycles. The highest BCUT2D eigenvalue weighted by molar-refractivity contribution is 5.73. The largest absolute Gasteiger partial charge is 0.497 e. The Bertz CT molecular complexity index is 1800. The van der Waals surface area contributed by atoms with E-state index in [4.69, 9.17) is 52.1 Å².